The predicted molar refractivity (Wildman–Crippen MR) is 161 cm³/mol. The van der Waals surface area contributed by atoms with Crippen molar-refractivity contribution in [1.82, 2.24) is 4.90 Å². The van der Waals surface area contributed by atoms with Crippen molar-refractivity contribution < 1.29 is 0 Å². The predicted octanol–water partition coefficient (Wildman–Crippen LogP) is 10.2. The van der Waals surface area contributed by atoms with Crippen LogP contribution in [-0.2, 0) is 0 Å². The summed E-state index contributed by atoms with van der Waals surface area (Å²) in [4.78, 5) is 3.33. The SMILES string of the molecule is CC1CCC(N(C2CCC(C=CC3CCCCC3)CC2)C2CCC3CCC4CCCC5CCC2C3C45)CC1. The lowest BCUT2D eigenvalue weighted by Gasteiger charge is -2.62. The van der Waals surface area contributed by atoms with Gasteiger partial charge in [-0.25, -0.2) is 0 Å². The van der Waals surface area contributed by atoms with E-state index in [9.17, 15) is 0 Å². The molecule has 0 aromatic rings. The average molecular weight is 520 g/mol. The smallest absolute Gasteiger partial charge is 0.0132 e. The van der Waals surface area contributed by atoms with Gasteiger partial charge in [-0.05, 0) is 156 Å². The lowest BCUT2D eigenvalue weighted by Crippen LogP contribution is -2.61. The van der Waals surface area contributed by atoms with Crippen molar-refractivity contribution >= 4 is 0 Å². The van der Waals surface area contributed by atoms with Crippen LogP contribution in [0.3, 0.4) is 0 Å². The molecule has 1 nitrogen and oxygen atoms in total. The summed E-state index contributed by atoms with van der Waals surface area (Å²) in [5.41, 5.74) is 0. The molecule has 7 aliphatic rings. The second kappa shape index (κ2) is 11.9. The van der Waals surface area contributed by atoms with Crippen LogP contribution in [0.5, 0.6) is 0 Å². The van der Waals surface area contributed by atoms with Gasteiger partial charge in [0.25, 0.3) is 0 Å². The highest BCUT2D eigenvalue weighted by Crippen LogP contribution is 2.61. The summed E-state index contributed by atoms with van der Waals surface area (Å²) in [5, 5.41) is 0. The molecule has 7 rings (SSSR count). The third kappa shape index (κ3) is 5.34. The zero-order valence-electron chi connectivity index (χ0n) is 25.1. The molecule has 0 aromatic carbocycles. The number of rotatable bonds is 5. The van der Waals surface area contributed by atoms with Crippen LogP contribution in [0.25, 0.3) is 0 Å². The molecule has 7 unspecified atom stereocenters. The summed E-state index contributed by atoms with van der Waals surface area (Å²) in [6, 6.07) is 2.75. The Morgan fingerprint density at radius 3 is 1.68 bits per heavy atom. The minimum Gasteiger partial charge on any atom is -0.294 e. The maximum Gasteiger partial charge on any atom is 0.0132 e. The molecular formula is C37H61N. The van der Waals surface area contributed by atoms with Gasteiger partial charge in [-0.3, -0.25) is 4.90 Å². The monoisotopic (exact) mass is 519 g/mol. The van der Waals surface area contributed by atoms with Gasteiger partial charge in [0.05, 0.1) is 0 Å². The summed E-state index contributed by atoms with van der Waals surface area (Å²) in [6.45, 7) is 2.53. The number of hydrogen-bond acceptors (Lipinski definition) is 1. The molecule has 214 valence electrons. The Morgan fingerprint density at radius 2 is 1.00 bits per heavy atom. The Bertz CT molecular complexity index is 773. The molecule has 0 spiro atoms. The molecule has 0 amide bonds. The molecule has 0 N–H and O–H groups in total. The third-order valence-electron chi connectivity index (χ3n) is 14.1. The van der Waals surface area contributed by atoms with Gasteiger partial charge >= 0.3 is 0 Å². The van der Waals surface area contributed by atoms with Gasteiger partial charge in [0.2, 0.25) is 0 Å². The summed E-state index contributed by atoms with van der Waals surface area (Å²) in [6.07, 6.45) is 39.0. The summed E-state index contributed by atoms with van der Waals surface area (Å²) >= 11 is 0. The van der Waals surface area contributed by atoms with E-state index >= 15 is 0 Å². The minimum absolute atomic E-state index is 0.883. The lowest BCUT2D eigenvalue weighted by molar-refractivity contribution is -0.124. The van der Waals surface area contributed by atoms with Crippen LogP contribution >= 0.6 is 0 Å². The standard InChI is InChI=1S/C37H61N/c1-26-10-20-32(21-11-26)38(33-22-14-28(15-23-33)13-12-27-6-3-2-4-7-27)35-25-19-31-17-16-29-8-5-9-30-18-24-34(35)37(31)36(29)30/h12-13,26-37H,2-11,14-25H2,1H3. The van der Waals surface area contributed by atoms with Crippen molar-refractivity contribution in [2.45, 2.75) is 166 Å². The van der Waals surface area contributed by atoms with Crippen LogP contribution in [0.15, 0.2) is 12.2 Å². The van der Waals surface area contributed by atoms with E-state index in [1.54, 1.807) is 57.8 Å². The molecule has 7 fully saturated rings. The minimum atomic E-state index is 0.883. The van der Waals surface area contributed by atoms with Gasteiger partial charge < -0.3 is 0 Å². The second-order valence-corrected chi connectivity index (χ2v) is 16.0. The van der Waals surface area contributed by atoms with Gasteiger partial charge in [0.1, 0.15) is 0 Å². The van der Waals surface area contributed by atoms with Gasteiger partial charge in [-0.2, -0.15) is 0 Å². The highest BCUT2D eigenvalue weighted by Gasteiger charge is 2.55. The Labute approximate surface area is 236 Å². The first-order valence-electron chi connectivity index (χ1n) is 18.2. The van der Waals surface area contributed by atoms with Crippen molar-refractivity contribution in [3.05, 3.63) is 12.2 Å². The van der Waals surface area contributed by atoms with Crippen LogP contribution in [-0.4, -0.2) is 23.0 Å². The molecule has 1 heteroatoms. The van der Waals surface area contributed by atoms with Crippen molar-refractivity contribution in [2.75, 3.05) is 0 Å². The number of nitrogens with zero attached hydrogens (tertiary/aromatic N) is 1. The first-order chi connectivity index (χ1) is 18.7. The molecule has 0 heterocycles. The number of hydrogen-bond donors (Lipinski definition) is 0. The largest absolute Gasteiger partial charge is 0.294 e. The first-order valence-corrected chi connectivity index (χ1v) is 18.2. The average Bonchev–Trinajstić information content (AvgIpc) is 2.98. The van der Waals surface area contributed by atoms with Crippen LogP contribution < -0.4 is 0 Å². The van der Waals surface area contributed by atoms with E-state index in [2.05, 4.69) is 24.0 Å². The summed E-state index contributed by atoms with van der Waals surface area (Å²) in [7, 11) is 0. The Kier molecular flexibility index (Phi) is 8.33. The molecule has 7 aliphatic carbocycles. The Hall–Kier alpha value is -0.300. The van der Waals surface area contributed by atoms with Crippen molar-refractivity contribution in [3.63, 3.8) is 0 Å². The van der Waals surface area contributed by atoms with E-state index in [4.69, 9.17) is 0 Å². The van der Waals surface area contributed by atoms with Crippen molar-refractivity contribution in [1.29, 1.82) is 0 Å². The number of allylic oxidation sites excluding steroid dienone is 2. The lowest BCUT2D eigenvalue weighted by atomic mass is 9.47. The molecule has 0 aliphatic heterocycles. The maximum absolute atomic E-state index is 3.33. The Balaban J connectivity index is 1.08. The molecule has 7 saturated carbocycles. The van der Waals surface area contributed by atoms with Crippen LogP contribution in [0.2, 0.25) is 0 Å². The molecule has 7 atom stereocenters. The highest BCUT2D eigenvalue weighted by atomic mass is 15.2. The maximum atomic E-state index is 3.33. The summed E-state index contributed by atoms with van der Waals surface area (Å²) in [5.74, 6) is 9.41. The van der Waals surface area contributed by atoms with Crippen LogP contribution in [0.1, 0.15) is 148 Å². The molecule has 0 radical (unpaired) electrons. The summed E-state index contributed by atoms with van der Waals surface area (Å²) < 4.78 is 0. The van der Waals surface area contributed by atoms with Gasteiger partial charge in [-0.1, -0.05) is 57.6 Å². The van der Waals surface area contributed by atoms with E-state index in [0.717, 1.165) is 71.4 Å². The van der Waals surface area contributed by atoms with Gasteiger partial charge in [0.15, 0.2) is 0 Å². The van der Waals surface area contributed by atoms with E-state index in [-0.39, 0.29) is 0 Å². The van der Waals surface area contributed by atoms with Gasteiger partial charge in [-0.15, -0.1) is 0 Å². The molecule has 0 saturated heterocycles. The molecular weight excluding hydrogens is 458 g/mol. The molecule has 38 heavy (non-hydrogen) atoms. The van der Waals surface area contributed by atoms with Crippen molar-refractivity contribution in [3.8, 4) is 0 Å². The molecule has 0 aromatic heterocycles. The fraction of sp³-hybridized carbons (Fsp3) is 0.946. The van der Waals surface area contributed by atoms with Gasteiger partial charge in [0, 0.05) is 18.1 Å². The van der Waals surface area contributed by atoms with E-state index in [1.165, 1.54) is 83.5 Å². The van der Waals surface area contributed by atoms with E-state index < -0.39 is 0 Å². The van der Waals surface area contributed by atoms with Crippen LogP contribution in [0.4, 0.5) is 0 Å². The van der Waals surface area contributed by atoms with Crippen molar-refractivity contribution in [2.24, 2.45) is 53.3 Å². The normalized spacial score (nSPS) is 48.2. The second-order valence-electron chi connectivity index (χ2n) is 16.0. The van der Waals surface area contributed by atoms with E-state index in [1.807, 2.05) is 0 Å². The zero-order chi connectivity index (χ0) is 25.5. The zero-order valence-corrected chi connectivity index (χ0v) is 25.1. The Morgan fingerprint density at radius 1 is 0.447 bits per heavy atom. The fourth-order valence-corrected chi connectivity index (χ4v) is 12.3. The van der Waals surface area contributed by atoms with Crippen LogP contribution in [0, 0.1) is 53.3 Å². The fourth-order valence-electron chi connectivity index (χ4n) is 12.3. The highest BCUT2D eigenvalue weighted by molar-refractivity contribution is 5.07. The first kappa shape index (κ1) is 26.6. The quantitative estimate of drug-likeness (QED) is 0.327. The molecule has 0 bridgehead atoms. The third-order valence-corrected chi connectivity index (χ3v) is 14.1. The van der Waals surface area contributed by atoms with E-state index in [0.29, 0.717) is 0 Å². The topological polar surface area (TPSA) is 3.24 Å².